The lowest BCUT2D eigenvalue weighted by molar-refractivity contribution is 0.291. The van der Waals surface area contributed by atoms with Gasteiger partial charge in [0.1, 0.15) is 5.84 Å². The largest absolute Gasteiger partial charge is 0.409 e. The molecule has 21 heavy (non-hydrogen) atoms. The highest BCUT2D eigenvalue weighted by Crippen LogP contribution is 2.24. The normalized spacial score (nSPS) is 18.9. The molecule has 0 radical (unpaired) electrons. The van der Waals surface area contributed by atoms with Crippen LogP contribution in [0.25, 0.3) is 0 Å². The molecule has 1 aromatic rings. The smallest absolute Gasteiger partial charge is 0.243 e. The number of oxime groups is 1. The Balaban J connectivity index is 2.16. The Hall–Kier alpha value is -1.74. The molecule has 1 fully saturated rings. The van der Waals surface area contributed by atoms with Gasteiger partial charge in [-0.1, -0.05) is 5.16 Å². The molecule has 1 saturated heterocycles. The van der Waals surface area contributed by atoms with Gasteiger partial charge >= 0.3 is 0 Å². The highest BCUT2D eigenvalue weighted by Gasteiger charge is 2.31. The fourth-order valence-electron chi connectivity index (χ4n) is 2.26. The van der Waals surface area contributed by atoms with Crippen LogP contribution in [0.1, 0.15) is 12.8 Å². The summed E-state index contributed by atoms with van der Waals surface area (Å²) >= 11 is 0. The van der Waals surface area contributed by atoms with Gasteiger partial charge in [-0.05, 0) is 31.0 Å². The molecule has 0 saturated carbocycles. The monoisotopic (exact) mass is 319 g/mol. The average molecular weight is 319 g/mol. The minimum absolute atomic E-state index is 0.0693. The number of hydrogen-bond donors (Lipinski definition) is 2. The third-order valence-corrected chi connectivity index (χ3v) is 5.41. The summed E-state index contributed by atoms with van der Waals surface area (Å²) < 4.78 is 51.9. The third kappa shape index (κ3) is 3.13. The number of nitrogens with zero attached hydrogens (tertiary/aromatic N) is 2. The van der Waals surface area contributed by atoms with Gasteiger partial charge in [-0.15, -0.1) is 0 Å². The molecule has 0 atom stereocenters. The number of sulfonamides is 1. The van der Waals surface area contributed by atoms with Crippen LogP contribution in [-0.2, 0) is 10.0 Å². The highest BCUT2D eigenvalue weighted by atomic mass is 32.2. The number of hydrogen-bond acceptors (Lipinski definition) is 4. The van der Waals surface area contributed by atoms with Crippen molar-refractivity contribution in [1.29, 1.82) is 0 Å². The number of halogens is 2. The van der Waals surface area contributed by atoms with Crippen molar-refractivity contribution in [2.75, 3.05) is 13.1 Å². The minimum Gasteiger partial charge on any atom is -0.409 e. The molecule has 0 unspecified atom stereocenters. The van der Waals surface area contributed by atoms with Crippen molar-refractivity contribution in [3.63, 3.8) is 0 Å². The molecule has 1 aliphatic heterocycles. The summed E-state index contributed by atoms with van der Waals surface area (Å²) in [6.45, 7) is 0.338. The number of amidine groups is 1. The van der Waals surface area contributed by atoms with Gasteiger partial charge in [0, 0.05) is 19.0 Å². The summed E-state index contributed by atoms with van der Waals surface area (Å²) in [5.41, 5.74) is 5.49. The van der Waals surface area contributed by atoms with Crippen LogP contribution in [-0.4, -0.2) is 36.9 Å². The van der Waals surface area contributed by atoms with Gasteiger partial charge in [0.2, 0.25) is 10.0 Å². The Kier molecular flexibility index (Phi) is 4.43. The van der Waals surface area contributed by atoms with Crippen molar-refractivity contribution in [2.24, 2.45) is 16.8 Å². The SMILES string of the molecule is NC(=NO)C1CCN(S(=O)(=O)c2ccc(F)c(F)c2)CC1. The van der Waals surface area contributed by atoms with Crippen LogP contribution >= 0.6 is 0 Å². The first kappa shape index (κ1) is 15.6. The number of rotatable bonds is 3. The highest BCUT2D eigenvalue weighted by molar-refractivity contribution is 7.89. The second kappa shape index (κ2) is 5.94. The number of nitrogens with two attached hydrogens (primary N) is 1. The first-order valence-electron chi connectivity index (χ1n) is 6.29. The summed E-state index contributed by atoms with van der Waals surface area (Å²) in [7, 11) is -3.87. The molecule has 3 N–H and O–H groups in total. The fraction of sp³-hybridized carbons (Fsp3) is 0.417. The number of benzene rings is 1. The number of piperidine rings is 1. The van der Waals surface area contributed by atoms with E-state index in [4.69, 9.17) is 10.9 Å². The van der Waals surface area contributed by atoms with E-state index >= 15 is 0 Å². The van der Waals surface area contributed by atoms with Crippen LogP contribution in [0, 0.1) is 17.6 Å². The van der Waals surface area contributed by atoms with Gasteiger partial charge in [-0.2, -0.15) is 4.31 Å². The Morgan fingerprint density at radius 3 is 2.43 bits per heavy atom. The summed E-state index contributed by atoms with van der Waals surface area (Å²) in [6, 6.07) is 2.48. The third-order valence-electron chi connectivity index (χ3n) is 3.52. The van der Waals surface area contributed by atoms with Crippen molar-refractivity contribution >= 4 is 15.9 Å². The Morgan fingerprint density at radius 2 is 1.90 bits per heavy atom. The van der Waals surface area contributed by atoms with Crippen molar-refractivity contribution < 1.29 is 22.4 Å². The molecule has 0 aromatic heterocycles. The molecule has 2 rings (SSSR count). The molecule has 1 heterocycles. The quantitative estimate of drug-likeness (QED) is 0.377. The summed E-state index contributed by atoms with van der Waals surface area (Å²) in [5, 5.41) is 11.5. The van der Waals surface area contributed by atoms with Gasteiger partial charge in [-0.3, -0.25) is 0 Å². The molecule has 1 aromatic carbocycles. The predicted molar refractivity (Wildman–Crippen MR) is 71.2 cm³/mol. The van der Waals surface area contributed by atoms with E-state index in [2.05, 4.69) is 5.16 Å². The lowest BCUT2D eigenvalue weighted by atomic mass is 9.97. The first-order valence-corrected chi connectivity index (χ1v) is 7.73. The van der Waals surface area contributed by atoms with E-state index in [1.807, 2.05) is 0 Å². The molecular weight excluding hydrogens is 304 g/mol. The fourth-order valence-corrected chi connectivity index (χ4v) is 3.74. The van der Waals surface area contributed by atoms with E-state index in [0.717, 1.165) is 12.1 Å². The maximum atomic E-state index is 13.2. The molecular formula is C12H15F2N3O3S. The Bertz CT molecular complexity index is 656. The van der Waals surface area contributed by atoms with Gasteiger partial charge in [-0.25, -0.2) is 17.2 Å². The Labute approximate surface area is 120 Å². The van der Waals surface area contributed by atoms with E-state index in [9.17, 15) is 17.2 Å². The standard InChI is InChI=1S/C12H15F2N3O3S/c13-10-2-1-9(7-11(10)14)21(19,20)17-5-3-8(4-6-17)12(15)16-18/h1-2,7-8,18H,3-6H2,(H2,15,16). The van der Waals surface area contributed by atoms with Crippen LogP contribution < -0.4 is 5.73 Å². The minimum atomic E-state index is -3.87. The molecule has 0 spiro atoms. The average Bonchev–Trinajstić information content (AvgIpc) is 2.49. The predicted octanol–water partition coefficient (Wildman–Crippen LogP) is 1.11. The van der Waals surface area contributed by atoms with E-state index < -0.39 is 21.7 Å². The zero-order chi connectivity index (χ0) is 15.6. The first-order chi connectivity index (χ1) is 9.86. The second-order valence-corrected chi connectivity index (χ2v) is 6.72. The van der Waals surface area contributed by atoms with Crippen molar-refractivity contribution in [2.45, 2.75) is 17.7 Å². The second-order valence-electron chi connectivity index (χ2n) is 4.78. The molecule has 9 heteroatoms. The van der Waals surface area contributed by atoms with Crippen molar-refractivity contribution in [3.05, 3.63) is 29.8 Å². The van der Waals surface area contributed by atoms with E-state index in [0.29, 0.717) is 18.9 Å². The van der Waals surface area contributed by atoms with Gasteiger partial charge < -0.3 is 10.9 Å². The topological polar surface area (TPSA) is 96.0 Å². The van der Waals surface area contributed by atoms with Crippen LogP contribution in [0.4, 0.5) is 8.78 Å². The summed E-state index contributed by atoms with van der Waals surface area (Å²) in [6.07, 6.45) is 0.803. The van der Waals surface area contributed by atoms with Crippen LogP contribution in [0.15, 0.2) is 28.3 Å². The lowest BCUT2D eigenvalue weighted by Gasteiger charge is -2.30. The maximum Gasteiger partial charge on any atom is 0.243 e. The molecule has 1 aliphatic rings. The zero-order valence-electron chi connectivity index (χ0n) is 11.0. The summed E-state index contributed by atoms with van der Waals surface area (Å²) in [5.74, 6) is -2.42. The molecule has 0 aliphatic carbocycles. The van der Waals surface area contributed by atoms with Gasteiger partial charge in [0.05, 0.1) is 4.90 Å². The van der Waals surface area contributed by atoms with E-state index in [-0.39, 0.29) is 29.7 Å². The molecule has 0 amide bonds. The summed E-state index contributed by atoms with van der Waals surface area (Å²) in [4.78, 5) is -0.288. The maximum absolute atomic E-state index is 13.2. The van der Waals surface area contributed by atoms with Crippen molar-refractivity contribution in [1.82, 2.24) is 4.31 Å². The zero-order valence-corrected chi connectivity index (χ0v) is 11.9. The van der Waals surface area contributed by atoms with Crippen LogP contribution in [0.3, 0.4) is 0 Å². The van der Waals surface area contributed by atoms with Crippen LogP contribution in [0.5, 0.6) is 0 Å². The molecule has 116 valence electrons. The van der Waals surface area contributed by atoms with Crippen molar-refractivity contribution in [3.8, 4) is 0 Å². The molecule has 0 bridgehead atoms. The van der Waals surface area contributed by atoms with Crippen LogP contribution in [0.2, 0.25) is 0 Å². The Morgan fingerprint density at radius 1 is 1.29 bits per heavy atom. The van der Waals surface area contributed by atoms with Gasteiger partial charge in [0.25, 0.3) is 0 Å². The molecule has 6 nitrogen and oxygen atoms in total. The van der Waals surface area contributed by atoms with E-state index in [1.165, 1.54) is 4.31 Å². The van der Waals surface area contributed by atoms with Gasteiger partial charge in [0.15, 0.2) is 11.6 Å². The lowest BCUT2D eigenvalue weighted by Crippen LogP contribution is -2.41. The van der Waals surface area contributed by atoms with E-state index in [1.54, 1.807) is 0 Å².